The van der Waals surface area contributed by atoms with Gasteiger partial charge in [-0.1, -0.05) is 137 Å². The second-order valence-corrected chi connectivity index (χ2v) is 15.9. The van der Waals surface area contributed by atoms with Gasteiger partial charge in [0.05, 0.1) is 17.1 Å². The predicted octanol–water partition coefficient (Wildman–Crippen LogP) is 13.6. The summed E-state index contributed by atoms with van der Waals surface area (Å²) in [6.07, 6.45) is 16.3. The molecule has 2 aliphatic heterocycles. The molecule has 4 aliphatic rings. The zero-order chi connectivity index (χ0) is 34.5. The maximum absolute atomic E-state index is 2.59. The third-order valence-corrected chi connectivity index (χ3v) is 12.3. The van der Waals surface area contributed by atoms with E-state index in [1.807, 2.05) is 0 Å². The number of benzene rings is 6. The molecule has 1 nitrogen and oxygen atoms in total. The molecule has 2 heterocycles. The summed E-state index contributed by atoms with van der Waals surface area (Å²) in [6, 6.07) is 41.5. The van der Waals surface area contributed by atoms with Crippen LogP contribution in [0.1, 0.15) is 85.9 Å². The summed E-state index contributed by atoms with van der Waals surface area (Å²) in [7, 11) is 0. The Balaban J connectivity index is 1.26. The van der Waals surface area contributed by atoms with Crippen LogP contribution in [0.4, 0.5) is 17.1 Å². The number of para-hydroxylation sites is 1. The first-order valence-electron chi connectivity index (χ1n) is 18.7. The van der Waals surface area contributed by atoms with Gasteiger partial charge in [0.2, 0.25) is 0 Å². The number of allylic oxidation sites excluding steroid dienone is 5. The van der Waals surface area contributed by atoms with Crippen molar-refractivity contribution in [1.29, 1.82) is 0 Å². The average Bonchev–Trinajstić information content (AvgIpc) is 3.17. The molecule has 1 heteroatoms. The summed E-state index contributed by atoms with van der Waals surface area (Å²) < 4.78 is 0. The highest BCUT2D eigenvalue weighted by molar-refractivity contribution is 6.09. The number of hydrogen-bond donors (Lipinski definition) is 0. The fourth-order valence-corrected chi connectivity index (χ4v) is 9.69. The van der Waals surface area contributed by atoms with E-state index in [1.165, 1.54) is 94.6 Å². The lowest BCUT2D eigenvalue weighted by atomic mass is 9.65. The first-order valence-corrected chi connectivity index (χ1v) is 18.7. The molecule has 0 atom stereocenters. The molecule has 0 bridgehead atoms. The zero-order valence-electron chi connectivity index (χ0n) is 30.1. The van der Waals surface area contributed by atoms with E-state index in [9.17, 15) is 0 Å². The Morgan fingerprint density at radius 2 is 1.16 bits per heavy atom. The summed E-state index contributed by atoms with van der Waals surface area (Å²) >= 11 is 0. The van der Waals surface area contributed by atoms with Gasteiger partial charge in [0, 0.05) is 10.8 Å². The van der Waals surface area contributed by atoms with Crippen LogP contribution in [0, 0.1) is 0 Å². The molecule has 0 amide bonds. The highest BCUT2D eigenvalue weighted by atomic mass is 15.2. The van der Waals surface area contributed by atoms with Crippen LogP contribution in [0.5, 0.6) is 0 Å². The predicted molar refractivity (Wildman–Crippen MR) is 217 cm³/mol. The van der Waals surface area contributed by atoms with Crippen molar-refractivity contribution >= 4 is 39.5 Å². The Hall–Kier alpha value is -5.40. The fourth-order valence-electron chi connectivity index (χ4n) is 9.69. The van der Waals surface area contributed by atoms with Crippen LogP contribution in [0.2, 0.25) is 0 Å². The molecule has 10 rings (SSSR count). The Bertz CT molecular complexity index is 2520. The molecule has 0 unspecified atom stereocenters. The number of anilines is 3. The summed E-state index contributed by atoms with van der Waals surface area (Å²) in [5.74, 6) is 0. The topological polar surface area (TPSA) is 3.24 Å². The van der Waals surface area contributed by atoms with Crippen molar-refractivity contribution in [3.05, 3.63) is 172 Å². The van der Waals surface area contributed by atoms with Crippen molar-refractivity contribution in [2.45, 2.75) is 64.2 Å². The van der Waals surface area contributed by atoms with Crippen molar-refractivity contribution in [1.82, 2.24) is 0 Å². The summed E-state index contributed by atoms with van der Waals surface area (Å²) in [6.45, 7) is 9.71. The molecule has 2 aliphatic carbocycles. The number of rotatable bonds is 3. The molecule has 0 spiro atoms. The van der Waals surface area contributed by atoms with Crippen molar-refractivity contribution in [3.63, 3.8) is 0 Å². The number of hydrogen-bond acceptors (Lipinski definition) is 1. The molecule has 6 aromatic rings. The molecule has 0 aromatic heterocycles. The smallest absolute Gasteiger partial charge is 0.0544 e. The molecule has 0 saturated carbocycles. The van der Waals surface area contributed by atoms with Gasteiger partial charge in [-0.25, -0.2) is 0 Å². The van der Waals surface area contributed by atoms with Gasteiger partial charge in [-0.15, -0.1) is 0 Å². The van der Waals surface area contributed by atoms with Gasteiger partial charge in [0.15, 0.2) is 0 Å². The van der Waals surface area contributed by atoms with Crippen LogP contribution < -0.4 is 4.90 Å². The standard InChI is InChI=1S/C50H43N/c1-49(2)40-25-15-16-26-44(40)51-45-28-27-34(29-41(45)50(3,4)43-31-35(30-42(49)48(43)51)32-17-7-5-8-18-32)47-38-23-13-11-21-36(38)46(33-19-9-6-10-20-33)37-22-12-14-24-39(37)47/h5,7-9,11,13-21,23-31H,6,10,12,22H2,1-4H3. The van der Waals surface area contributed by atoms with E-state index >= 15 is 0 Å². The number of fused-ring (bicyclic) bond motifs is 6. The lowest BCUT2D eigenvalue weighted by Crippen LogP contribution is -2.38. The van der Waals surface area contributed by atoms with E-state index in [4.69, 9.17) is 0 Å². The van der Waals surface area contributed by atoms with Crippen LogP contribution in [-0.2, 0) is 17.3 Å². The van der Waals surface area contributed by atoms with E-state index in [0.717, 1.165) is 25.7 Å². The van der Waals surface area contributed by atoms with Gasteiger partial charge < -0.3 is 4.90 Å². The van der Waals surface area contributed by atoms with Crippen LogP contribution in [0.25, 0.3) is 44.7 Å². The van der Waals surface area contributed by atoms with Crippen molar-refractivity contribution < 1.29 is 0 Å². The first-order chi connectivity index (χ1) is 24.8. The molecule has 51 heavy (non-hydrogen) atoms. The molecule has 0 radical (unpaired) electrons. The van der Waals surface area contributed by atoms with Crippen molar-refractivity contribution in [2.24, 2.45) is 0 Å². The largest absolute Gasteiger partial charge is 0.309 e. The van der Waals surface area contributed by atoms with Gasteiger partial charge >= 0.3 is 0 Å². The van der Waals surface area contributed by atoms with E-state index in [-0.39, 0.29) is 10.8 Å². The lowest BCUT2D eigenvalue weighted by Gasteiger charge is -2.50. The van der Waals surface area contributed by atoms with Crippen molar-refractivity contribution in [2.75, 3.05) is 4.90 Å². The van der Waals surface area contributed by atoms with E-state index < -0.39 is 0 Å². The quantitative estimate of drug-likeness (QED) is 0.183. The van der Waals surface area contributed by atoms with E-state index in [0.29, 0.717) is 0 Å². The maximum Gasteiger partial charge on any atom is 0.0544 e. The van der Waals surface area contributed by atoms with Crippen LogP contribution in [-0.4, -0.2) is 0 Å². The molecule has 248 valence electrons. The Morgan fingerprint density at radius 3 is 1.92 bits per heavy atom. The molecule has 0 fully saturated rings. The van der Waals surface area contributed by atoms with Gasteiger partial charge in [0.1, 0.15) is 0 Å². The summed E-state index contributed by atoms with van der Waals surface area (Å²) in [5, 5.41) is 2.70. The van der Waals surface area contributed by atoms with E-state index in [1.54, 1.807) is 0 Å². The highest BCUT2D eigenvalue weighted by Crippen LogP contribution is 2.61. The van der Waals surface area contributed by atoms with Crippen LogP contribution >= 0.6 is 0 Å². The first kappa shape index (κ1) is 30.4. The lowest BCUT2D eigenvalue weighted by molar-refractivity contribution is 0.598. The zero-order valence-corrected chi connectivity index (χ0v) is 30.1. The second kappa shape index (κ2) is 11.0. The highest BCUT2D eigenvalue weighted by Gasteiger charge is 2.46. The third kappa shape index (κ3) is 4.34. The van der Waals surface area contributed by atoms with Crippen LogP contribution in [0.15, 0.2) is 133 Å². The normalized spacial score (nSPS) is 17.3. The minimum atomic E-state index is -0.234. The van der Waals surface area contributed by atoms with Crippen molar-refractivity contribution in [3.8, 4) is 22.3 Å². The minimum absolute atomic E-state index is 0.148. The van der Waals surface area contributed by atoms with Gasteiger partial charge in [0.25, 0.3) is 0 Å². The number of nitrogens with zero attached hydrogens (tertiary/aromatic N) is 1. The Labute approximate surface area is 302 Å². The maximum atomic E-state index is 2.59. The van der Waals surface area contributed by atoms with E-state index in [2.05, 4.69) is 172 Å². The summed E-state index contributed by atoms with van der Waals surface area (Å²) in [5.41, 5.74) is 20.0. The van der Waals surface area contributed by atoms with Gasteiger partial charge in [-0.2, -0.15) is 0 Å². The fraction of sp³-hybridized carbons (Fsp3) is 0.200. The SMILES string of the molecule is CC1(C)c2ccccc2N2c3ccc(-c4c5c(c(C6=CCCC=C6)c6ccccc46)CCC=C5)cc3C(C)(C)c3cc(-c4ccccc4)cc1c32. The average molecular weight is 658 g/mol. The molecule has 6 aromatic carbocycles. The summed E-state index contributed by atoms with van der Waals surface area (Å²) in [4.78, 5) is 2.59. The Morgan fingerprint density at radius 1 is 0.510 bits per heavy atom. The minimum Gasteiger partial charge on any atom is -0.309 e. The van der Waals surface area contributed by atoms with Gasteiger partial charge in [-0.05, 0) is 134 Å². The molecular formula is C50H43N. The third-order valence-electron chi connectivity index (χ3n) is 12.3. The van der Waals surface area contributed by atoms with Gasteiger partial charge in [-0.3, -0.25) is 0 Å². The Kier molecular flexibility index (Phi) is 6.59. The second-order valence-electron chi connectivity index (χ2n) is 15.9. The molecule has 0 saturated heterocycles. The molecular weight excluding hydrogens is 615 g/mol. The monoisotopic (exact) mass is 657 g/mol. The molecule has 0 N–H and O–H groups in total. The van der Waals surface area contributed by atoms with Crippen LogP contribution in [0.3, 0.4) is 0 Å².